The van der Waals surface area contributed by atoms with Gasteiger partial charge < -0.3 is 19.9 Å². The number of rotatable bonds is 8. The highest BCUT2D eigenvalue weighted by Gasteiger charge is 2.48. The minimum absolute atomic E-state index is 0.0303. The lowest BCUT2D eigenvalue weighted by Gasteiger charge is -2.23. The Morgan fingerprint density at radius 1 is 1.03 bits per heavy atom. The number of phenols is 1. The molecule has 3 N–H and O–H groups in total. The largest absolute Gasteiger partial charge is 0.508 e. The minimum Gasteiger partial charge on any atom is -0.508 e. The van der Waals surface area contributed by atoms with E-state index in [1.54, 1.807) is 42.5 Å². The van der Waals surface area contributed by atoms with Crippen molar-refractivity contribution in [2.75, 3.05) is 11.5 Å². The first-order valence-corrected chi connectivity index (χ1v) is 12.3. The number of aromatic nitrogens is 2. The fraction of sp³-hybridized carbons (Fsp3) is 0.207. The number of fused-ring (bicyclic) bond motifs is 1. The number of para-hydroxylation sites is 2. The summed E-state index contributed by atoms with van der Waals surface area (Å²) in [6, 6.07) is 19.3. The number of ether oxygens (including phenoxy) is 1. The summed E-state index contributed by atoms with van der Waals surface area (Å²) in [6.45, 7) is 2.72. The number of unbranched alkanes of at least 4 members (excludes halogenated alkanes) is 2. The van der Waals surface area contributed by atoms with Gasteiger partial charge in [-0.1, -0.05) is 44.0 Å². The van der Waals surface area contributed by atoms with Crippen molar-refractivity contribution in [3.63, 3.8) is 0 Å². The van der Waals surface area contributed by atoms with Gasteiger partial charge in [0.05, 0.1) is 29.3 Å². The third-order valence-electron chi connectivity index (χ3n) is 6.38. The second-order valence-corrected chi connectivity index (χ2v) is 8.92. The molecular weight excluding hydrogens is 470 g/mol. The van der Waals surface area contributed by atoms with Crippen LogP contribution in [0.2, 0.25) is 0 Å². The summed E-state index contributed by atoms with van der Waals surface area (Å²) in [6.07, 6.45) is 3.13. The van der Waals surface area contributed by atoms with Gasteiger partial charge in [0.15, 0.2) is 0 Å². The molecule has 3 aromatic carbocycles. The number of hydrogen-bond donors (Lipinski definition) is 3. The predicted octanol–water partition coefficient (Wildman–Crippen LogP) is 5.46. The van der Waals surface area contributed by atoms with Gasteiger partial charge in [0.25, 0.3) is 5.78 Å². The highest BCUT2D eigenvalue weighted by atomic mass is 16.5. The monoisotopic (exact) mass is 497 g/mol. The Balaban J connectivity index is 1.57. The molecule has 1 aliphatic rings. The number of aliphatic hydroxyl groups is 1. The van der Waals surface area contributed by atoms with Crippen molar-refractivity contribution in [3.8, 4) is 11.5 Å². The number of carbonyl (C=O) groups excluding carboxylic acids is 2. The van der Waals surface area contributed by atoms with E-state index < -0.39 is 17.7 Å². The van der Waals surface area contributed by atoms with Gasteiger partial charge in [0.2, 0.25) is 5.95 Å². The number of benzene rings is 3. The average molecular weight is 498 g/mol. The number of aromatic amines is 1. The van der Waals surface area contributed by atoms with E-state index in [9.17, 15) is 19.8 Å². The Kier molecular flexibility index (Phi) is 6.64. The van der Waals surface area contributed by atoms with Crippen molar-refractivity contribution in [1.82, 2.24) is 9.97 Å². The summed E-state index contributed by atoms with van der Waals surface area (Å²) in [5.41, 5.74) is 2.06. The molecular formula is C29H27N3O5. The first-order valence-electron chi connectivity index (χ1n) is 12.3. The second-order valence-electron chi connectivity index (χ2n) is 8.92. The molecule has 1 aliphatic heterocycles. The summed E-state index contributed by atoms with van der Waals surface area (Å²) in [5.74, 6) is -1.19. The van der Waals surface area contributed by atoms with E-state index >= 15 is 0 Å². The van der Waals surface area contributed by atoms with E-state index in [1.807, 2.05) is 18.2 Å². The van der Waals surface area contributed by atoms with Crippen LogP contribution in [-0.4, -0.2) is 38.5 Å². The molecule has 0 aliphatic carbocycles. The molecule has 0 saturated carbocycles. The maximum Gasteiger partial charge on any atom is 0.302 e. The Hall–Kier alpha value is -4.59. The summed E-state index contributed by atoms with van der Waals surface area (Å²) in [5, 5.41) is 21.4. The fourth-order valence-corrected chi connectivity index (χ4v) is 4.52. The van der Waals surface area contributed by atoms with Crippen LogP contribution in [0.4, 0.5) is 5.95 Å². The highest BCUT2D eigenvalue weighted by molar-refractivity contribution is 6.51. The van der Waals surface area contributed by atoms with Crippen molar-refractivity contribution in [2.24, 2.45) is 0 Å². The molecule has 37 heavy (non-hydrogen) atoms. The molecule has 4 aromatic rings. The number of imidazole rings is 1. The standard InChI is InChI=1S/C29H27N3O5/c1-2-3-6-16-37-21-14-12-18(13-15-21)26(34)24-25(19-8-7-9-20(33)17-19)32(28(36)27(24)35)29-30-22-10-4-5-11-23(22)31-29/h4-5,7-15,17,25,33-34H,2-3,6,16H2,1H3,(H,30,31)/b26-24+. The maximum atomic E-state index is 13.3. The molecule has 1 saturated heterocycles. The van der Waals surface area contributed by atoms with Crippen molar-refractivity contribution in [3.05, 3.63) is 89.5 Å². The summed E-state index contributed by atoms with van der Waals surface area (Å²) < 4.78 is 5.75. The lowest BCUT2D eigenvalue weighted by atomic mass is 9.95. The third kappa shape index (κ3) is 4.65. The molecule has 188 valence electrons. The number of amides is 1. The van der Waals surface area contributed by atoms with Crippen LogP contribution >= 0.6 is 0 Å². The Labute approximate surface area is 213 Å². The third-order valence-corrected chi connectivity index (χ3v) is 6.38. The van der Waals surface area contributed by atoms with Crippen molar-refractivity contribution >= 4 is 34.4 Å². The molecule has 1 aromatic heterocycles. The summed E-state index contributed by atoms with van der Waals surface area (Å²) in [4.78, 5) is 35.5. The van der Waals surface area contributed by atoms with Gasteiger partial charge in [0, 0.05) is 5.56 Å². The van der Waals surface area contributed by atoms with E-state index in [2.05, 4.69) is 16.9 Å². The number of aromatic hydroxyl groups is 1. The number of carbonyl (C=O) groups is 2. The number of phenolic OH excluding ortho intramolecular Hbond substituents is 1. The number of aliphatic hydroxyl groups excluding tert-OH is 1. The van der Waals surface area contributed by atoms with Crippen LogP contribution in [-0.2, 0) is 9.59 Å². The number of Topliss-reactive ketones (excluding diaryl/α,β-unsaturated/α-hetero) is 1. The molecule has 1 fully saturated rings. The van der Waals surface area contributed by atoms with Crippen LogP contribution in [0.25, 0.3) is 16.8 Å². The van der Waals surface area contributed by atoms with E-state index in [-0.39, 0.29) is 23.0 Å². The van der Waals surface area contributed by atoms with Crippen LogP contribution in [0.15, 0.2) is 78.4 Å². The van der Waals surface area contributed by atoms with Crippen LogP contribution in [0.1, 0.15) is 43.4 Å². The molecule has 0 bridgehead atoms. The zero-order valence-electron chi connectivity index (χ0n) is 20.3. The van der Waals surface area contributed by atoms with E-state index in [4.69, 9.17) is 4.74 Å². The zero-order valence-corrected chi connectivity index (χ0v) is 20.3. The maximum absolute atomic E-state index is 13.3. The first kappa shape index (κ1) is 24.1. The van der Waals surface area contributed by atoms with E-state index in [0.29, 0.717) is 34.5 Å². The topological polar surface area (TPSA) is 116 Å². The van der Waals surface area contributed by atoms with Crippen molar-refractivity contribution < 1.29 is 24.5 Å². The van der Waals surface area contributed by atoms with Gasteiger partial charge in [-0.05, 0) is 60.5 Å². The van der Waals surface area contributed by atoms with Crippen molar-refractivity contribution in [1.29, 1.82) is 0 Å². The number of H-pyrrole nitrogens is 1. The smallest absolute Gasteiger partial charge is 0.302 e. The quantitative estimate of drug-likeness (QED) is 0.129. The van der Waals surface area contributed by atoms with Crippen LogP contribution in [0, 0.1) is 0 Å². The average Bonchev–Trinajstić information content (AvgIpc) is 3.45. The number of hydrogen-bond acceptors (Lipinski definition) is 6. The minimum atomic E-state index is -1.00. The van der Waals surface area contributed by atoms with Gasteiger partial charge in [-0.2, -0.15) is 0 Å². The summed E-state index contributed by atoms with van der Waals surface area (Å²) in [7, 11) is 0. The molecule has 2 heterocycles. The van der Waals surface area contributed by atoms with E-state index in [1.165, 1.54) is 17.0 Å². The highest BCUT2D eigenvalue weighted by Crippen LogP contribution is 2.42. The normalized spacial score (nSPS) is 17.0. The van der Waals surface area contributed by atoms with E-state index in [0.717, 1.165) is 19.3 Å². The van der Waals surface area contributed by atoms with Crippen LogP contribution in [0.3, 0.4) is 0 Å². The summed E-state index contributed by atoms with van der Waals surface area (Å²) >= 11 is 0. The Bertz CT molecular complexity index is 1460. The Morgan fingerprint density at radius 3 is 2.54 bits per heavy atom. The van der Waals surface area contributed by atoms with Gasteiger partial charge in [-0.15, -0.1) is 0 Å². The Morgan fingerprint density at radius 2 is 1.81 bits per heavy atom. The van der Waals surface area contributed by atoms with Crippen molar-refractivity contribution in [2.45, 2.75) is 32.2 Å². The van der Waals surface area contributed by atoms with Gasteiger partial charge in [-0.3, -0.25) is 14.5 Å². The van der Waals surface area contributed by atoms with Crippen LogP contribution in [0.5, 0.6) is 11.5 Å². The predicted molar refractivity (Wildman–Crippen MR) is 140 cm³/mol. The lowest BCUT2D eigenvalue weighted by Crippen LogP contribution is -2.30. The zero-order chi connectivity index (χ0) is 25.9. The number of ketones is 1. The number of nitrogens with one attached hydrogen (secondary N) is 1. The number of anilines is 1. The molecule has 5 rings (SSSR count). The molecule has 1 amide bonds. The fourth-order valence-electron chi connectivity index (χ4n) is 4.52. The second kappa shape index (κ2) is 10.2. The molecule has 1 atom stereocenters. The number of nitrogens with zero attached hydrogens (tertiary/aromatic N) is 2. The lowest BCUT2D eigenvalue weighted by molar-refractivity contribution is -0.132. The van der Waals surface area contributed by atoms with Crippen LogP contribution < -0.4 is 9.64 Å². The molecule has 1 unspecified atom stereocenters. The first-order chi connectivity index (χ1) is 18.0. The molecule has 0 radical (unpaired) electrons. The molecule has 8 heteroatoms. The van der Waals surface area contributed by atoms with Gasteiger partial charge in [0.1, 0.15) is 17.3 Å². The van der Waals surface area contributed by atoms with Gasteiger partial charge >= 0.3 is 5.91 Å². The molecule has 8 nitrogen and oxygen atoms in total. The van der Waals surface area contributed by atoms with Gasteiger partial charge in [-0.25, -0.2) is 4.98 Å². The molecule has 0 spiro atoms. The SMILES string of the molecule is CCCCCOc1ccc(/C(O)=C2\C(=O)C(=O)N(c3nc4ccccc4[nH]3)C2c2cccc(O)c2)cc1.